The second-order valence-corrected chi connectivity index (χ2v) is 5.45. The Morgan fingerprint density at radius 3 is 2.71 bits per heavy atom. The smallest absolute Gasteiger partial charge is 0.272 e. The zero-order valence-corrected chi connectivity index (χ0v) is 11.7. The van der Waals surface area contributed by atoms with E-state index >= 15 is 0 Å². The van der Waals surface area contributed by atoms with Crippen molar-refractivity contribution >= 4 is 22.3 Å². The van der Waals surface area contributed by atoms with E-state index in [9.17, 15) is 4.79 Å². The molecule has 4 rings (SSSR count). The Kier molecular flexibility index (Phi) is 2.78. The van der Waals surface area contributed by atoms with Crippen molar-refractivity contribution in [3.63, 3.8) is 0 Å². The van der Waals surface area contributed by atoms with Crippen molar-refractivity contribution < 1.29 is 0 Å². The molecular weight excluding hydrogens is 260 g/mol. The number of hydrogen-bond acceptors (Lipinski definition) is 2. The highest BCUT2D eigenvalue weighted by Gasteiger charge is 2.20. The number of para-hydroxylation sites is 2. The van der Waals surface area contributed by atoms with Gasteiger partial charge in [0, 0.05) is 23.1 Å². The third-order valence-electron chi connectivity index (χ3n) is 4.13. The molecular formula is C18H16N2O. The summed E-state index contributed by atoms with van der Waals surface area (Å²) in [6, 6.07) is 18.2. The molecule has 3 aromatic rings. The molecule has 104 valence electrons. The van der Waals surface area contributed by atoms with Gasteiger partial charge in [0.25, 0.3) is 5.56 Å². The second kappa shape index (κ2) is 4.77. The summed E-state index contributed by atoms with van der Waals surface area (Å²) in [6.07, 6.45) is 2.15. The van der Waals surface area contributed by atoms with Crippen LogP contribution < -0.4 is 10.5 Å². The van der Waals surface area contributed by atoms with Gasteiger partial charge in [-0.3, -0.25) is 4.79 Å². The van der Waals surface area contributed by atoms with E-state index in [-0.39, 0.29) is 5.56 Å². The first-order valence-corrected chi connectivity index (χ1v) is 7.30. The maximum Gasteiger partial charge on any atom is 0.272 e. The molecule has 2 heterocycles. The SMILES string of the molecule is O=c1[nH]c2ccccc2cc1N1CCCc2ccccc21. The largest absolute Gasteiger partial charge is 0.337 e. The number of aromatic nitrogens is 1. The van der Waals surface area contributed by atoms with Crippen LogP contribution in [0.3, 0.4) is 0 Å². The van der Waals surface area contributed by atoms with Gasteiger partial charge in [0.1, 0.15) is 5.69 Å². The zero-order valence-electron chi connectivity index (χ0n) is 11.7. The fraction of sp³-hybridized carbons (Fsp3) is 0.167. The first-order chi connectivity index (χ1) is 10.3. The summed E-state index contributed by atoms with van der Waals surface area (Å²) in [5.41, 5.74) is 4.07. The molecule has 0 unspecified atom stereocenters. The number of nitrogens with one attached hydrogen (secondary N) is 1. The molecule has 0 saturated heterocycles. The number of benzene rings is 2. The van der Waals surface area contributed by atoms with Gasteiger partial charge in [-0.05, 0) is 36.6 Å². The van der Waals surface area contributed by atoms with E-state index in [0.29, 0.717) is 0 Å². The average molecular weight is 276 g/mol. The Morgan fingerprint density at radius 1 is 0.952 bits per heavy atom. The van der Waals surface area contributed by atoms with E-state index < -0.39 is 0 Å². The third kappa shape index (κ3) is 2.02. The molecule has 0 aliphatic carbocycles. The number of fused-ring (bicyclic) bond motifs is 2. The topological polar surface area (TPSA) is 36.1 Å². The lowest BCUT2D eigenvalue weighted by Crippen LogP contribution is -2.29. The molecule has 1 N–H and O–H groups in total. The summed E-state index contributed by atoms with van der Waals surface area (Å²) >= 11 is 0. The predicted octanol–water partition coefficient (Wildman–Crippen LogP) is 3.61. The Hall–Kier alpha value is -2.55. The van der Waals surface area contributed by atoms with Crippen molar-refractivity contribution in [2.24, 2.45) is 0 Å². The number of H-pyrrole nitrogens is 1. The van der Waals surface area contributed by atoms with Crippen molar-refractivity contribution in [2.75, 3.05) is 11.4 Å². The minimum absolute atomic E-state index is 0.0228. The highest BCUT2D eigenvalue weighted by Crippen LogP contribution is 2.32. The number of anilines is 2. The number of aromatic amines is 1. The first kappa shape index (κ1) is 12.2. The summed E-state index contributed by atoms with van der Waals surface area (Å²) in [4.78, 5) is 17.6. The highest BCUT2D eigenvalue weighted by atomic mass is 16.1. The van der Waals surface area contributed by atoms with Gasteiger partial charge in [-0.15, -0.1) is 0 Å². The van der Waals surface area contributed by atoms with Gasteiger partial charge in [0.15, 0.2) is 0 Å². The van der Waals surface area contributed by atoms with Crippen molar-refractivity contribution in [3.05, 3.63) is 70.5 Å². The van der Waals surface area contributed by atoms with Gasteiger partial charge < -0.3 is 9.88 Å². The summed E-state index contributed by atoms with van der Waals surface area (Å²) in [5.74, 6) is 0. The van der Waals surface area contributed by atoms with Gasteiger partial charge in [-0.25, -0.2) is 0 Å². The Labute approximate surface area is 122 Å². The minimum atomic E-state index is -0.0228. The first-order valence-electron chi connectivity index (χ1n) is 7.30. The molecule has 1 aliphatic heterocycles. The third-order valence-corrected chi connectivity index (χ3v) is 4.13. The van der Waals surface area contributed by atoms with Crippen LogP contribution in [0.4, 0.5) is 11.4 Å². The van der Waals surface area contributed by atoms with Crippen LogP contribution >= 0.6 is 0 Å². The quantitative estimate of drug-likeness (QED) is 0.737. The molecule has 3 nitrogen and oxygen atoms in total. The van der Waals surface area contributed by atoms with Crippen LogP contribution in [0.2, 0.25) is 0 Å². The van der Waals surface area contributed by atoms with Crippen molar-refractivity contribution in [3.8, 4) is 0 Å². The normalized spacial score (nSPS) is 14.2. The van der Waals surface area contributed by atoms with Crippen LogP contribution in [0.15, 0.2) is 59.4 Å². The number of pyridine rings is 1. The number of nitrogens with zero attached hydrogens (tertiary/aromatic N) is 1. The van der Waals surface area contributed by atoms with E-state index in [4.69, 9.17) is 0 Å². The Bertz CT molecular complexity index is 866. The average Bonchev–Trinajstić information content (AvgIpc) is 2.54. The molecule has 21 heavy (non-hydrogen) atoms. The number of hydrogen-bond donors (Lipinski definition) is 1. The van der Waals surface area contributed by atoms with E-state index in [2.05, 4.69) is 28.1 Å². The van der Waals surface area contributed by atoms with Gasteiger partial charge >= 0.3 is 0 Å². The molecule has 0 spiro atoms. The fourth-order valence-corrected chi connectivity index (χ4v) is 3.12. The molecule has 3 heteroatoms. The van der Waals surface area contributed by atoms with Crippen molar-refractivity contribution in [1.29, 1.82) is 0 Å². The fourth-order valence-electron chi connectivity index (χ4n) is 3.12. The molecule has 2 aromatic carbocycles. The minimum Gasteiger partial charge on any atom is -0.337 e. The molecule has 0 atom stereocenters. The summed E-state index contributed by atoms with van der Waals surface area (Å²) < 4.78 is 0. The number of aryl methyl sites for hydroxylation is 1. The Balaban J connectivity index is 1.91. The van der Waals surface area contributed by atoms with Gasteiger partial charge in [-0.2, -0.15) is 0 Å². The van der Waals surface area contributed by atoms with E-state index in [1.807, 2.05) is 36.4 Å². The summed E-state index contributed by atoms with van der Waals surface area (Å²) in [5, 5.41) is 1.06. The molecule has 0 saturated carbocycles. The summed E-state index contributed by atoms with van der Waals surface area (Å²) in [7, 11) is 0. The van der Waals surface area contributed by atoms with Crippen molar-refractivity contribution in [1.82, 2.24) is 4.98 Å². The lowest BCUT2D eigenvalue weighted by atomic mass is 10.0. The molecule has 0 radical (unpaired) electrons. The lowest BCUT2D eigenvalue weighted by molar-refractivity contribution is 0.764. The van der Waals surface area contributed by atoms with Gasteiger partial charge in [0.2, 0.25) is 0 Å². The van der Waals surface area contributed by atoms with Crippen LogP contribution in [0.25, 0.3) is 10.9 Å². The van der Waals surface area contributed by atoms with Crippen molar-refractivity contribution in [2.45, 2.75) is 12.8 Å². The molecule has 0 fully saturated rings. The van der Waals surface area contributed by atoms with Gasteiger partial charge in [-0.1, -0.05) is 36.4 Å². The van der Waals surface area contributed by atoms with E-state index in [1.54, 1.807) is 0 Å². The van der Waals surface area contributed by atoms with E-state index in [0.717, 1.165) is 41.7 Å². The molecule has 0 bridgehead atoms. The maximum atomic E-state index is 12.4. The van der Waals surface area contributed by atoms with E-state index in [1.165, 1.54) is 5.56 Å². The number of rotatable bonds is 1. The lowest BCUT2D eigenvalue weighted by Gasteiger charge is -2.30. The maximum absolute atomic E-state index is 12.4. The zero-order chi connectivity index (χ0) is 14.2. The standard InChI is InChI=1S/C18H16N2O/c21-18-17(12-14-7-1-3-9-15(14)19-18)20-11-5-8-13-6-2-4-10-16(13)20/h1-4,6-7,9-10,12H,5,8,11H2,(H,19,21). The molecule has 0 amide bonds. The van der Waals surface area contributed by atoms with Gasteiger partial charge in [0.05, 0.1) is 0 Å². The molecule has 1 aromatic heterocycles. The van der Waals surface area contributed by atoms with Crippen LogP contribution in [0.1, 0.15) is 12.0 Å². The van der Waals surface area contributed by atoms with Crippen LogP contribution in [0, 0.1) is 0 Å². The van der Waals surface area contributed by atoms with Crippen LogP contribution in [-0.2, 0) is 6.42 Å². The monoisotopic (exact) mass is 276 g/mol. The summed E-state index contributed by atoms with van der Waals surface area (Å²) in [6.45, 7) is 0.887. The van der Waals surface area contributed by atoms with Crippen LogP contribution in [0.5, 0.6) is 0 Å². The second-order valence-electron chi connectivity index (χ2n) is 5.45. The van der Waals surface area contributed by atoms with Crippen LogP contribution in [-0.4, -0.2) is 11.5 Å². The Morgan fingerprint density at radius 2 is 1.76 bits per heavy atom. The molecule has 1 aliphatic rings. The predicted molar refractivity (Wildman–Crippen MR) is 86.3 cm³/mol. The highest BCUT2D eigenvalue weighted by molar-refractivity contribution is 5.83.